The number of rotatable bonds is 7. The summed E-state index contributed by atoms with van der Waals surface area (Å²) < 4.78 is 5.18. The molecule has 0 atom stereocenters. The number of anilines is 3. The number of hydrogen-bond donors (Lipinski definition) is 2. The number of aryl methyl sites for hydroxylation is 1. The number of nitrogens with one attached hydrogen (secondary N) is 2. The molecule has 1 saturated heterocycles. The van der Waals surface area contributed by atoms with Gasteiger partial charge in [0, 0.05) is 42.0 Å². The van der Waals surface area contributed by atoms with E-state index in [0.717, 1.165) is 70.6 Å². The molecule has 7 heteroatoms. The topological polar surface area (TPSA) is 91.2 Å². The zero-order valence-electron chi connectivity index (χ0n) is 21.2. The van der Waals surface area contributed by atoms with Crippen molar-refractivity contribution in [1.82, 2.24) is 9.97 Å². The maximum Gasteiger partial charge on any atom is 0.309 e. The molecule has 4 aromatic rings. The smallest absolute Gasteiger partial charge is 0.309 e. The summed E-state index contributed by atoms with van der Waals surface area (Å²) >= 11 is 0. The van der Waals surface area contributed by atoms with Gasteiger partial charge in [-0.25, -0.2) is 4.98 Å². The van der Waals surface area contributed by atoms with Crippen LogP contribution in [-0.2, 0) is 9.53 Å². The van der Waals surface area contributed by atoms with Gasteiger partial charge < -0.3 is 15.0 Å². The molecule has 188 valence electrons. The number of nitrogens with zero attached hydrogens (tertiary/aromatic N) is 3. The summed E-state index contributed by atoms with van der Waals surface area (Å²) in [6.45, 7) is 5.88. The van der Waals surface area contributed by atoms with Crippen LogP contribution in [0.5, 0.6) is 0 Å². The highest BCUT2D eigenvalue weighted by atomic mass is 16.5. The monoisotopic (exact) mass is 493 g/mol. The van der Waals surface area contributed by atoms with Gasteiger partial charge in [0.05, 0.1) is 35.8 Å². The first-order chi connectivity index (χ1) is 18.0. The van der Waals surface area contributed by atoms with Gasteiger partial charge in [0.2, 0.25) is 0 Å². The Morgan fingerprint density at radius 3 is 2.59 bits per heavy atom. The Morgan fingerprint density at radius 1 is 1.05 bits per heavy atom. The lowest BCUT2D eigenvalue weighted by atomic mass is 9.95. The standard InChI is InChI=1S/C30H31N5O2/c1-3-37-30(36)21-13-16-35(17-14-21)27-11-10-23(19-33-27)34-29-20(2)6-4-9-26(29)28(31)25-8-5-7-22-18-32-15-12-24(22)25/h4-12,15,18-19,21,31,34H,3,13-14,16-17H2,1-2H3. The summed E-state index contributed by atoms with van der Waals surface area (Å²) in [5.41, 5.74) is 4.95. The van der Waals surface area contributed by atoms with E-state index < -0.39 is 0 Å². The maximum absolute atomic E-state index is 12.0. The predicted molar refractivity (Wildman–Crippen MR) is 148 cm³/mol. The molecule has 7 nitrogen and oxygen atoms in total. The zero-order chi connectivity index (χ0) is 25.8. The molecule has 0 unspecified atom stereocenters. The number of aromatic nitrogens is 2. The van der Waals surface area contributed by atoms with Crippen LogP contribution >= 0.6 is 0 Å². The predicted octanol–water partition coefficient (Wildman–Crippen LogP) is 5.88. The summed E-state index contributed by atoms with van der Waals surface area (Å²) in [4.78, 5) is 23.2. The summed E-state index contributed by atoms with van der Waals surface area (Å²) in [5.74, 6) is 0.786. The second-order valence-corrected chi connectivity index (χ2v) is 9.32. The number of hydrogen-bond acceptors (Lipinski definition) is 7. The van der Waals surface area contributed by atoms with Gasteiger partial charge in [-0.2, -0.15) is 0 Å². The van der Waals surface area contributed by atoms with Crippen molar-refractivity contribution in [3.8, 4) is 0 Å². The van der Waals surface area contributed by atoms with E-state index in [-0.39, 0.29) is 11.9 Å². The van der Waals surface area contributed by atoms with E-state index in [2.05, 4.69) is 15.2 Å². The molecule has 0 saturated carbocycles. The van der Waals surface area contributed by atoms with E-state index in [9.17, 15) is 4.79 Å². The highest BCUT2D eigenvalue weighted by Crippen LogP contribution is 2.30. The highest BCUT2D eigenvalue weighted by Gasteiger charge is 2.26. The molecule has 2 aromatic carbocycles. The van der Waals surface area contributed by atoms with E-state index in [4.69, 9.17) is 15.1 Å². The minimum absolute atomic E-state index is 0.0232. The van der Waals surface area contributed by atoms with E-state index in [1.807, 2.05) is 80.8 Å². The fraction of sp³-hybridized carbons (Fsp3) is 0.267. The third-order valence-corrected chi connectivity index (χ3v) is 6.95. The number of carbonyl (C=O) groups excluding carboxylic acids is 1. The first kappa shape index (κ1) is 24.4. The zero-order valence-corrected chi connectivity index (χ0v) is 21.2. The summed E-state index contributed by atoms with van der Waals surface area (Å²) in [7, 11) is 0. The van der Waals surface area contributed by atoms with Crippen LogP contribution in [0.2, 0.25) is 0 Å². The normalized spacial score (nSPS) is 13.9. The van der Waals surface area contributed by atoms with Crippen molar-refractivity contribution in [2.24, 2.45) is 5.92 Å². The number of para-hydroxylation sites is 1. The average Bonchev–Trinajstić information content (AvgIpc) is 2.94. The van der Waals surface area contributed by atoms with Gasteiger partial charge in [-0.3, -0.25) is 15.2 Å². The van der Waals surface area contributed by atoms with Gasteiger partial charge in [0.25, 0.3) is 0 Å². The number of fused-ring (bicyclic) bond motifs is 1. The number of carbonyl (C=O) groups is 1. The quantitative estimate of drug-likeness (QED) is 0.247. The molecular formula is C30H31N5O2. The summed E-state index contributed by atoms with van der Waals surface area (Å²) in [6, 6.07) is 18.0. The third kappa shape index (κ3) is 5.16. The van der Waals surface area contributed by atoms with Crippen molar-refractivity contribution in [2.75, 3.05) is 29.9 Å². The van der Waals surface area contributed by atoms with Crippen molar-refractivity contribution < 1.29 is 9.53 Å². The minimum atomic E-state index is -0.0885. The van der Waals surface area contributed by atoms with Crippen LogP contribution in [0.15, 0.2) is 73.2 Å². The second-order valence-electron chi connectivity index (χ2n) is 9.32. The first-order valence-electron chi connectivity index (χ1n) is 12.7. The first-order valence-corrected chi connectivity index (χ1v) is 12.7. The van der Waals surface area contributed by atoms with Crippen molar-refractivity contribution in [3.63, 3.8) is 0 Å². The molecule has 1 fully saturated rings. The van der Waals surface area contributed by atoms with E-state index in [1.54, 1.807) is 6.20 Å². The molecule has 2 aromatic heterocycles. The summed E-state index contributed by atoms with van der Waals surface area (Å²) in [6.07, 6.45) is 6.98. The molecule has 1 aliphatic rings. The van der Waals surface area contributed by atoms with Gasteiger partial charge in [-0.1, -0.05) is 36.4 Å². The Balaban J connectivity index is 1.34. The van der Waals surface area contributed by atoms with Gasteiger partial charge in [-0.05, 0) is 55.8 Å². The Hall–Kier alpha value is -4.26. The molecule has 0 bridgehead atoms. The Kier molecular flexibility index (Phi) is 7.12. The molecule has 1 aliphatic heterocycles. The van der Waals surface area contributed by atoms with Crippen LogP contribution in [0, 0.1) is 18.3 Å². The largest absolute Gasteiger partial charge is 0.466 e. The average molecular weight is 494 g/mol. The van der Waals surface area contributed by atoms with Crippen molar-refractivity contribution in [1.29, 1.82) is 5.41 Å². The lowest BCUT2D eigenvalue weighted by Crippen LogP contribution is -2.37. The van der Waals surface area contributed by atoms with Gasteiger partial charge in [-0.15, -0.1) is 0 Å². The highest BCUT2D eigenvalue weighted by molar-refractivity contribution is 6.20. The molecule has 0 spiro atoms. The molecular weight excluding hydrogens is 462 g/mol. The molecule has 2 N–H and O–H groups in total. The molecule has 0 amide bonds. The molecule has 37 heavy (non-hydrogen) atoms. The minimum Gasteiger partial charge on any atom is -0.466 e. The fourth-order valence-corrected chi connectivity index (χ4v) is 4.92. The number of esters is 1. The number of benzene rings is 2. The Bertz CT molecular complexity index is 1420. The van der Waals surface area contributed by atoms with Gasteiger partial charge in [0.15, 0.2) is 0 Å². The third-order valence-electron chi connectivity index (χ3n) is 6.95. The Morgan fingerprint density at radius 2 is 1.84 bits per heavy atom. The van der Waals surface area contributed by atoms with E-state index >= 15 is 0 Å². The van der Waals surface area contributed by atoms with Crippen LogP contribution < -0.4 is 10.2 Å². The molecule has 3 heterocycles. The molecule has 5 rings (SSSR count). The lowest BCUT2D eigenvalue weighted by Gasteiger charge is -2.31. The number of ether oxygens (including phenoxy) is 1. The van der Waals surface area contributed by atoms with E-state index in [1.165, 1.54) is 0 Å². The van der Waals surface area contributed by atoms with Crippen LogP contribution in [0.3, 0.4) is 0 Å². The molecule has 0 radical (unpaired) electrons. The fourth-order valence-electron chi connectivity index (χ4n) is 4.92. The van der Waals surface area contributed by atoms with Gasteiger partial charge >= 0.3 is 5.97 Å². The lowest BCUT2D eigenvalue weighted by molar-refractivity contribution is -0.148. The number of pyridine rings is 2. The second kappa shape index (κ2) is 10.8. The van der Waals surface area contributed by atoms with Crippen molar-refractivity contribution >= 4 is 39.6 Å². The van der Waals surface area contributed by atoms with Crippen molar-refractivity contribution in [2.45, 2.75) is 26.7 Å². The van der Waals surface area contributed by atoms with Crippen LogP contribution in [0.1, 0.15) is 36.5 Å². The van der Waals surface area contributed by atoms with Crippen molar-refractivity contribution in [3.05, 3.63) is 89.9 Å². The Labute approximate surface area is 217 Å². The number of piperidine rings is 1. The van der Waals surface area contributed by atoms with Gasteiger partial charge in [0.1, 0.15) is 5.82 Å². The summed E-state index contributed by atoms with van der Waals surface area (Å²) in [5, 5.41) is 14.6. The molecule has 0 aliphatic carbocycles. The van der Waals surface area contributed by atoms with Crippen LogP contribution in [0.25, 0.3) is 10.8 Å². The van der Waals surface area contributed by atoms with E-state index in [0.29, 0.717) is 12.3 Å². The van der Waals surface area contributed by atoms with Crippen LogP contribution in [-0.4, -0.2) is 41.3 Å². The SMILES string of the molecule is CCOC(=O)C1CCN(c2ccc(Nc3c(C)cccc3C(=N)c3cccc4cnccc34)cn2)CC1. The maximum atomic E-state index is 12.0. The van der Waals surface area contributed by atoms with Crippen LogP contribution in [0.4, 0.5) is 17.2 Å².